The minimum atomic E-state index is -1.96. The fourth-order valence-corrected chi connectivity index (χ4v) is 4.24. The standard InChI is InChI=1S/C16H13Br2Cl2F3O2/c1-15(2)7(4-12(19)20)3-9(15)14(24)25-16(17,18)13-10(22)5-8(21)6-11(13)23/h4-7,9H,3H2,1-2H3. The molecule has 1 aromatic rings. The average Bonchev–Trinajstić information content (AvgIpc) is 2.40. The topological polar surface area (TPSA) is 26.3 Å². The van der Waals surface area contributed by atoms with E-state index in [2.05, 4.69) is 31.9 Å². The molecule has 2 unspecified atom stereocenters. The summed E-state index contributed by atoms with van der Waals surface area (Å²) in [5, 5.41) is 0. The number of alkyl halides is 2. The SMILES string of the molecule is CC1(C)C(C=C(Cl)Cl)CC1C(=O)OC(Br)(Br)c1c(F)cc(F)cc1F. The Bertz CT molecular complexity index is 711. The lowest BCUT2D eigenvalue weighted by molar-refractivity contribution is -0.166. The van der Waals surface area contributed by atoms with Gasteiger partial charge in [-0.2, -0.15) is 0 Å². The quantitative estimate of drug-likeness (QED) is 0.331. The zero-order chi connectivity index (χ0) is 19.2. The highest BCUT2D eigenvalue weighted by molar-refractivity contribution is 9.24. The van der Waals surface area contributed by atoms with Gasteiger partial charge in [0.15, 0.2) is 0 Å². The molecule has 0 heterocycles. The summed E-state index contributed by atoms with van der Waals surface area (Å²) in [6.07, 6.45) is 2.07. The number of carbonyl (C=O) groups excluding carboxylic acids is 1. The molecule has 0 aliphatic heterocycles. The normalized spacial score (nSPS) is 22.1. The van der Waals surface area contributed by atoms with Gasteiger partial charge in [-0.25, -0.2) is 13.2 Å². The van der Waals surface area contributed by atoms with Crippen LogP contribution in [-0.2, 0) is 13.0 Å². The van der Waals surface area contributed by atoms with Gasteiger partial charge in [0, 0.05) is 12.1 Å². The van der Waals surface area contributed by atoms with Gasteiger partial charge in [0.05, 0.1) is 11.5 Å². The molecule has 1 aliphatic rings. The van der Waals surface area contributed by atoms with E-state index < -0.39 is 43.7 Å². The highest BCUT2D eigenvalue weighted by Crippen LogP contribution is 2.54. The maximum absolute atomic E-state index is 13.9. The molecule has 1 aliphatic carbocycles. The van der Waals surface area contributed by atoms with Crippen molar-refractivity contribution in [1.29, 1.82) is 0 Å². The fourth-order valence-electron chi connectivity index (χ4n) is 2.86. The van der Waals surface area contributed by atoms with Crippen LogP contribution in [-0.4, -0.2) is 5.97 Å². The monoisotopic (exact) mass is 522 g/mol. The van der Waals surface area contributed by atoms with Crippen molar-refractivity contribution < 1.29 is 22.7 Å². The van der Waals surface area contributed by atoms with Crippen molar-refractivity contribution in [3.05, 3.63) is 45.7 Å². The molecule has 0 spiro atoms. The van der Waals surface area contributed by atoms with Crippen LogP contribution in [0.25, 0.3) is 0 Å². The molecule has 0 bridgehead atoms. The highest BCUT2D eigenvalue weighted by Gasteiger charge is 2.53. The Morgan fingerprint density at radius 2 is 1.80 bits per heavy atom. The molecule has 0 N–H and O–H groups in total. The number of allylic oxidation sites excluding steroid dienone is 1. The summed E-state index contributed by atoms with van der Waals surface area (Å²) < 4.78 is 44.3. The molecule has 1 saturated carbocycles. The lowest BCUT2D eigenvalue weighted by Gasteiger charge is -2.49. The molecule has 2 rings (SSSR count). The first-order valence-corrected chi connectivity index (χ1v) is 9.49. The Balaban J connectivity index is 2.20. The first kappa shape index (κ1) is 21.1. The van der Waals surface area contributed by atoms with Crippen molar-refractivity contribution in [1.82, 2.24) is 0 Å². The van der Waals surface area contributed by atoms with E-state index in [1.165, 1.54) is 0 Å². The number of hydrogen-bond acceptors (Lipinski definition) is 2. The van der Waals surface area contributed by atoms with Crippen molar-refractivity contribution in [2.45, 2.75) is 23.7 Å². The van der Waals surface area contributed by atoms with Crippen LogP contribution in [0.15, 0.2) is 22.7 Å². The average molecular weight is 525 g/mol. The summed E-state index contributed by atoms with van der Waals surface area (Å²) in [5.41, 5.74) is -1.15. The minimum Gasteiger partial charge on any atom is -0.432 e. The summed E-state index contributed by atoms with van der Waals surface area (Å²) in [7, 11) is 0. The second-order valence-electron chi connectivity index (χ2n) is 6.35. The lowest BCUT2D eigenvalue weighted by Crippen LogP contribution is -2.49. The number of hydrogen-bond donors (Lipinski definition) is 0. The third-order valence-electron chi connectivity index (χ3n) is 4.48. The maximum atomic E-state index is 13.9. The lowest BCUT2D eigenvalue weighted by atomic mass is 9.55. The zero-order valence-electron chi connectivity index (χ0n) is 13.1. The number of ether oxygens (including phenoxy) is 1. The van der Waals surface area contributed by atoms with Gasteiger partial charge < -0.3 is 4.74 Å². The van der Waals surface area contributed by atoms with Crippen molar-refractivity contribution in [3.63, 3.8) is 0 Å². The molecule has 1 aromatic carbocycles. The summed E-state index contributed by atoms with van der Waals surface area (Å²) >= 11 is 17.2. The number of rotatable bonds is 4. The van der Waals surface area contributed by atoms with Crippen molar-refractivity contribution in [2.24, 2.45) is 17.3 Å². The predicted octanol–water partition coefficient (Wildman–Crippen LogP) is 6.53. The van der Waals surface area contributed by atoms with E-state index in [1.54, 1.807) is 6.08 Å². The van der Waals surface area contributed by atoms with Crippen LogP contribution in [0.2, 0.25) is 0 Å². The van der Waals surface area contributed by atoms with Crippen LogP contribution in [0.3, 0.4) is 0 Å². The summed E-state index contributed by atoms with van der Waals surface area (Å²) in [4.78, 5) is 12.5. The first-order valence-electron chi connectivity index (χ1n) is 7.14. The molecule has 0 amide bonds. The number of carbonyl (C=O) groups is 1. The van der Waals surface area contributed by atoms with Crippen LogP contribution in [0.1, 0.15) is 25.8 Å². The van der Waals surface area contributed by atoms with Gasteiger partial charge in [-0.05, 0) is 49.6 Å². The van der Waals surface area contributed by atoms with E-state index in [9.17, 15) is 18.0 Å². The zero-order valence-corrected chi connectivity index (χ0v) is 17.7. The second-order valence-corrected chi connectivity index (χ2v) is 10.7. The largest absolute Gasteiger partial charge is 0.432 e. The summed E-state index contributed by atoms with van der Waals surface area (Å²) in [6.45, 7) is 3.67. The Kier molecular flexibility index (Phi) is 6.24. The summed E-state index contributed by atoms with van der Waals surface area (Å²) in [6, 6.07) is 1.00. The summed E-state index contributed by atoms with van der Waals surface area (Å²) in [5.74, 6) is -4.69. The van der Waals surface area contributed by atoms with E-state index in [0.717, 1.165) is 0 Å². The van der Waals surface area contributed by atoms with Gasteiger partial charge >= 0.3 is 5.97 Å². The fraction of sp³-hybridized carbons (Fsp3) is 0.438. The Morgan fingerprint density at radius 3 is 2.24 bits per heavy atom. The van der Waals surface area contributed by atoms with Crippen molar-refractivity contribution in [3.8, 4) is 0 Å². The molecule has 0 aromatic heterocycles. The van der Waals surface area contributed by atoms with E-state index >= 15 is 0 Å². The van der Waals surface area contributed by atoms with E-state index in [4.69, 9.17) is 27.9 Å². The molecule has 0 radical (unpaired) electrons. The molecule has 0 saturated heterocycles. The first-order chi connectivity index (χ1) is 11.4. The Labute approximate surface area is 169 Å². The molecular weight excluding hydrogens is 512 g/mol. The molecular formula is C16H13Br2Cl2F3O2. The Morgan fingerprint density at radius 1 is 1.28 bits per heavy atom. The number of halogens is 7. The third kappa shape index (κ3) is 4.37. The molecule has 1 fully saturated rings. The van der Waals surface area contributed by atoms with Gasteiger partial charge in [0.1, 0.15) is 21.9 Å². The van der Waals surface area contributed by atoms with Gasteiger partial charge in [0.2, 0.25) is 0 Å². The maximum Gasteiger partial charge on any atom is 0.311 e. The predicted molar refractivity (Wildman–Crippen MR) is 97.1 cm³/mol. The van der Waals surface area contributed by atoms with Crippen LogP contribution >= 0.6 is 55.1 Å². The molecule has 2 nitrogen and oxygen atoms in total. The number of benzene rings is 1. The van der Waals surface area contributed by atoms with Crippen LogP contribution in [0.5, 0.6) is 0 Å². The van der Waals surface area contributed by atoms with E-state index in [-0.39, 0.29) is 10.4 Å². The second kappa shape index (κ2) is 7.41. The Hall–Kier alpha value is -0.240. The molecule has 138 valence electrons. The van der Waals surface area contributed by atoms with E-state index in [1.807, 2.05) is 13.8 Å². The molecule has 25 heavy (non-hydrogen) atoms. The van der Waals surface area contributed by atoms with E-state index in [0.29, 0.717) is 18.6 Å². The highest BCUT2D eigenvalue weighted by atomic mass is 79.9. The number of esters is 1. The van der Waals surface area contributed by atoms with Crippen molar-refractivity contribution >= 4 is 61.0 Å². The molecule has 9 heteroatoms. The molecule has 2 atom stereocenters. The smallest absolute Gasteiger partial charge is 0.311 e. The van der Waals surface area contributed by atoms with Crippen LogP contribution < -0.4 is 0 Å². The third-order valence-corrected chi connectivity index (χ3v) is 5.85. The van der Waals surface area contributed by atoms with Crippen LogP contribution in [0.4, 0.5) is 13.2 Å². The van der Waals surface area contributed by atoms with Gasteiger partial charge in [-0.3, -0.25) is 4.79 Å². The minimum absolute atomic E-state index is 0.0330. The van der Waals surface area contributed by atoms with Crippen molar-refractivity contribution in [2.75, 3.05) is 0 Å². The van der Waals surface area contributed by atoms with Gasteiger partial charge in [-0.15, -0.1) is 0 Å². The van der Waals surface area contributed by atoms with Gasteiger partial charge in [0.25, 0.3) is 3.42 Å². The van der Waals surface area contributed by atoms with Crippen LogP contribution in [0, 0.1) is 34.7 Å². The van der Waals surface area contributed by atoms with Gasteiger partial charge in [-0.1, -0.05) is 43.1 Å².